The highest BCUT2D eigenvalue weighted by Gasteiger charge is 2.31. The zero-order valence-corrected chi connectivity index (χ0v) is 11.0. The molecule has 1 atom stereocenters. The van der Waals surface area contributed by atoms with Crippen LogP contribution in [0.5, 0.6) is 5.75 Å². The van der Waals surface area contributed by atoms with Crippen LogP contribution in [-0.4, -0.2) is 22.1 Å². The maximum absolute atomic E-state index is 12.1. The Morgan fingerprint density at radius 3 is 2.76 bits per heavy atom. The third-order valence-corrected chi connectivity index (χ3v) is 2.64. The largest absolute Gasteiger partial charge is 0.573 e. The number of anilines is 1. The molecule has 1 aromatic carbocycles. The summed E-state index contributed by atoms with van der Waals surface area (Å²) in [7, 11) is 0. The van der Waals surface area contributed by atoms with Gasteiger partial charge < -0.3 is 10.1 Å². The highest BCUT2D eigenvalue weighted by molar-refractivity contribution is 5.93. The Balaban J connectivity index is 2.06. The normalized spacial score (nSPS) is 12.8. The number of benzene rings is 1. The highest BCUT2D eigenvalue weighted by atomic mass is 19.4. The fraction of sp³-hybridized carbons (Fsp3) is 0.231. The lowest BCUT2D eigenvalue weighted by molar-refractivity contribution is -0.274. The molecule has 0 spiro atoms. The summed E-state index contributed by atoms with van der Waals surface area (Å²) in [5, 5.41) is 6.44. The van der Waals surface area contributed by atoms with Crippen molar-refractivity contribution < 1.29 is 22.7 Å². The van der Waals surface area contributed by atoms with Crippen molar-refractivity contribution >= 4 is 11.6 Å². The molecule has 0 saturated carbocycles. The number of carbonyl (C=O) groups is 1. The summed E-state index contributed by atoms with van der Waals surface area (Å²) < 4.78 is 41.6. The van der Waals surface area contributed by atoms with Crippen molar-refractivity contribution in [2.24, 2.45) is 0 Å². The minimum atomic E-state index is -4.77. The van der Waals surface area contributed by atoms with E-state index >= 15 is 0 Å². The number of hydrogen-bond acceptors (Lipinski definition) is 3. The maximum atomic E-state index is 12.1. The Labute approximate surface area is 118 Å². The average molecular weight is 299 g/mol. The number of halogens is 3. The first kappa shape index (κ1) is 14.9. The van der Waals surface area contributed by atoms with Crippen molar-refractivity contribution in [3.05, 3.63) is 42.7 Å². The van der Waals surface area contributed by atoms with Crippen LogP contribution in [0.25, 0.3) is 0 Å². The number of aromatic nitrogens is 2. The van der Waals surface area contributed by atoms with E-state index in [4.69, 9.17) is 0 Å². The summed E-state index contributed by atoms with van der Waals surface area (Å²) in [4.78, 5) is 12.0. The van der Waals surface area contributed by atoms with Crippen LogP contribution in [0.2, 0.25) is 0 Å². The first-order valence-electron chi connectivity index (χ1n) is 6.01. The van der Waals surface area contributed by atoms with Crippen molar-refractivity contribution in [3.63, 3.8) is 0 Å². The molecule has 0 radical (unpaired) electrons. The van der Waals surface area contributed by atoms with Gasteiger partial charge in [-0.1, -0.05) is 6.07 Å². The molecule has 1 aromatic heterocycles. The Hall–Kier alpha value is -2.51. The Kier molecular flexibility index (Phi) is 4.15. The van der Waals surface area contributed by atoms with Gasteiger partial charge in [0.2, 0.25) is 5.91 Å². The van der Waals surface area contributed by atoms with Crippen molar-refractivity contribution in [1.82, 2.24) is 9.78 Å². The molecular weight excluding hydrogens is 287 g/mol. The first-order chi connectivity index (χ1) is 9.85. The van der Waals surface area contributed by atoms with Gasteiger partial charge in [-0.15, -0.1) is 13.2 Å². The number of nitrogens with one attached hydrogen (secondary N) is 1. The molecule has 1 N–H and O–H groups in total. The van der Waals surface area contributed by atoms with Crippen molar-refractivity contribution in [2.45, 2.75) is 19.3 Å². The number of nitrogens with zero attached hydrogens (tertiary/aromatic N) is 2. The van der Waals surface area contributed by atoms with Crippen LogP contribution in [0.1, 0.15) is 13.0 Å². The number of alkyl halides is 3. The van der Waals surface area contributed by atoms with Crippen LogP contribution in [-0.2, 0) is 4.79 Å². The topological polar surface area (TPSA) is 56.1 Å². The molecule has 0 aliphatic rings. The Morgan fingerprint density at radius 2 is 2.14 bits per heavy atom. The minimum absolute atomic E-state index is 0.209. The van der Waals surface area contributed by atoms with Crippen LogP contribution in [0.3, 0.4) is 0 Å². The van der Waals surface area contributed by atoms with Gasteiger partial charge in [0.1, 0.15) is 11.8 Å². The summed E-state index contributed by atoms with van der Waals surface area (Å²) in [6, 6.07) is 6.15. The van der Waals surface area contributed by atoms with E-state index in [2.05, 4.69) is 15.2 Å². The van der Waals surface area contributed by atoms with Gasteiger partial charge in [0.25, 0.3) is 0 Å². The molecule has 5 nitrogen and oxygen atoms in total. The van der Waals surface area contributed by atoms with Gasteiger partial charge in [0.05, 0.1) is 0 Å². The van der Waals surface area contributed by atoms with Crippen molar-refractivity contribution in [1.29, 1.82) is 0 Å². The monoisotopic (exact) mass is 299 g/mol. The molecule has 1 unspecified atom stereocenters. The SMILES string of the molecule is CC(C(=O)Nc1cccc(OC(F)(F)F)c1)n1cccn1. The standard InChI is InChI=1S/C13H12F3N3O2/c1-9(19-7-3-6-17-19)12(20)18-10-4-2-5-11(8-10)21-13(14,15)16/h2-9H,1H3,(H,18,20). The van der Waals surface area contributed by atoms with E-state index in [0.717, 1.165) is 12.1 Å². The summed E-state index contributed by atoms with van der Waals surface area (Å²) in [6.45, 7) is 1.62. The van der Waals surface area contributed by atoms with Gasteiger partial charge in [-0.2, -0.15) is 5.10 Å². The average Bonchev–Trinajstić information content (AvgIpc) is 2.89. The third-order valence-electron chi connectivity index (χ3n) is 2.64. The quantitative estimate of drug-likeness (QED) is 0.944. The van der Waals surface area contributed by atoms with Crippen LogP contribution >= 0.6 is 0 Å². The molecule has 112 valence electrons. The van der Waals surface area contributed by atoms with Gasteiger partial charge in [-0.25, -0.2) is 0 Å². The highest BCUT2D eigenvalue weighted by Crippen LogP contribution is 2.25. The van der Waals surface area contributed by atoms with Crippen LogP contribution in [0, 0.1) is 0 Å². The molecular formula is C13H12F3N3O2. The van der Waals surface area contributed by atoms with Crippen LogP contribution in [0.15, 0.2) is 42.7 Å². The maximum Gasteiger partial charge on any atom is 0.573 e. The van der Waals surface area contributed by atoms with E-state index in [0.29, 0.717) is 0 Å². The predicted molar refractivity (Wildman–Crippen MR) is 68.7 cm³/mol. The lowest BCUT2D eigenvalue weighted by Crippen LogP contribution is -2.24. The minimum Gasteiger partial charge on any atom is -0.406 e. The van der Waals surface area contributed by atoms with E-state index < -0.39 is 24.1 Å². The smallest absolute Gasteiger partial charge is 0.406 e. The van der Waals surface area contributed by atoms with Crippen LogP contribution in [0.4, 0.5) is 18.9 Å². The van der Waals surface area contributed by atoms with Crippen LogP contribution < -0.4 is 10.1 Å². The molecule has 2 aromatic rings. The molecule has 8 heteroatoms. The molecule has 2 rings (SSSR count). The Bertz CT molecular complexity index is 611. The zero-order chi connectivity index (χ0) is 15.5. The summed E-state index contributed by atoms with van der Waals surface area (Å²) in [5.74, 6) is -0.796. The fourth-order valence-electron chi connectivity index (χ4n) is 1.65. The van der Waals surface area contributed by atoms with Gasteiger partial charge >= 0.3 is 6.36 Å². The number of rotatable bonds is 4. The number of carbonyl (C=O) groups excluding carboxylic acids is 1. The van der Waals surface area contributed by atoms with Crippen molar-refractivity contribution in [3.8, 4) is 5.75 Å². The fourth-order valence-corrected chi connectivity index (χ4v) is 1.65. The van der Waals surface area contributed by atoms with E-state index in [9.17, 15) is 18.0 Å². The van der Waals surface area contributed by atoms with E-state index in [-0.39, 0.29) is 5.69 Å². The van der Waals surface area contributed by atoms with Crippen molar-refractivity contribution in [2.75, 3.05) is 5.32 Å². The first-order valence-corrected chi connectivity index (χ1v) is 6.01. The zero-order valence-electron chi connectivity index (χ0n) is 11.0. The molecule has 0 aliphatic heterocycles. The van der Waals surface area contributed by atoms with Gasteiger partial charge in [-0.05, 0) is 25.1 Å². The van der Waals surface area contributed by atoms with E-state index in [1.807, 2.05) is 0 Å². The molecule has 0 fully saturated rings. The third kappa shape index (κ3) is 4.23. The molecule has 1 amide bonds. The predicted octanol–water partition coefficient (Wildman–Crippen LogP) is 2.98. The molecule has 21 heavy (non-hydrogen) atoms. The number of hydrogen-bond donors (Lipinski definition) is 1. The Morgan fingerprint density at radius 1 is 1.38 bits per heavy atom. The van der Waals surface area contributed by atoms with Gasteiger partial charge in [0.15, 0.2) is 0 Å². The summed E-state index contributed by atoms with van der Waals surface area (Å²) >= 11 is 0. The number of amides is 1. The second-order valence-corrected chi connectivity index (χ2v) is 4.23. The molecule has 0 bridgehead atoms. The molecule has 1 heterocycles. The second kappa shape index (κ2) is 5.86. The van der Waals surface area contributed by atoms with E-state index in [1.165, 1.54) is 23.0 Å². The van der Waals surface area contributed by atoms with Gasteiger partial charge in [0, 0.05) is 24.1 Å². The van der Waals surface area contributed by atoms with Gasteiger partial charge in [-0.3, -0.25) is 9.48 Å². The second-order valence-electron chi connectivity index (χ2n) is 4.23. The summed E-state index contributed by atoms with van der Waals surface area (Å²) in [5.41, 5.74) is 0.209. The summed E-state index contributed by atoms with van der Waals surface area (Å²) in [6.07, 6.45) is -1.63. The lowest BCUT2D eigenvalue weighted by atomic mass is 10.2. The van der Waals surface area contributed by atoms with E-state index in [1.54, 1.807) is 19.2 Å². The lowest BCUT2D eigenvalue weighted by Gasteiger charge is -2.14. The molecule has 0 saturated heterocycles. The molecule has 0 aliphatic carbocycles. The number of ether oxygens (including phenoxy) is 1.